The van der Waals surface area contributed by atoms with Crippen LogP contribution in [-0.2, 0) is 0 Å². The van der Waals surface area contributed by atoms with E-state index < -0.39 is 0 Å². The molecule has 2 aromatic heterocycles. The third kappa shape index (κ3) is 1.66. The van der Waals surface area contributed by atoms with Crippen molar-refractivity contribution >= 4 is 22.5 Å². The van der Waals surface area contributed by atoms with Gasteiger partial charge in [0.1, 0.15) is 5.52 Å². The lowest BCUT2D eigenvalue weighted by molar-refractivity contribution is 0.886. The molecule has 0 aliphatic heterocycles. The summed E-state index contributed by atoms with van der Waals surface area (Å²) < 4.78 is 1.80. The van der Waals surface area contributed by atoms with Crippen molar-refractivity contribution in [2.24, 2.45) is 0 Å². The lowest BCUT2D eigenvalue weighted by Gasteiger charge is -2.03. The Bertz CT molecular complexity index is 690. The Morgan fingerprint density at radius 3 is 2.82 bits per heavy atom. The smallest absolute Gasteiger partial charge is 0.179 e. The van der Waals surface area contributed by atoms with Crippen molar-refractivity contribution in [2.75, 3.05) is 0 Å². The Morgan fingerprint density at radius 2 is 2.06 bits per heavy atom. The monoisotopic (exact) mass is 244 g/mol. The van der Waals surface area contributed by atoms with Gasteiger partial charge in [0, 0.05) is 11.6 Å². The number of halogens is 1. The van der Waals surface area contributed by atoms with E-state index in [2.05, 4.69) is 15.3 Å². The van der Waals surface area contributed by atoms with E-state index in [4.69, 9.17) is 11.6 Å². The summed E-state index contributed by atoms with van der Waals surface area (Å²) in [6, 6.07) is 8.03. The molecule has 17 heavy (non-hydrogen) atoms. The molecule has 2 heterocycles. The molecule has 0 aliphatic carbocycles. The molecule has 0 fully saturated rings. The predicted octanol–water partition coefficient (Wildman–Crippen LogP) is 2.78. The van der Waals surface area contributed by atoms with Crippen molar-refractivity contribution in [3.63, 3.8) is 0 Å². The Morgan fingerprint density at radius 1 is 1.24 bits per heavy atom. The molecule has 0 saturated carbocycles. The van der Waals surface area contributed by atoms with Gasteiger partial charge in [0.2, 0.25) is 0 Å². The first kappa shape index (κ1) is 10.2. The number of benzene rings is 1. The molecular formula is C12H9ClN4. The zero-order valence-electron chi connectivity index (χ0n) is 9.13. The molecule has 0 atom stereocenters. The van der Waals surface area contributed by atoms with Crippen molar-refractivity contribution in [3.8, 4) is 5.69 Å². The van der Waals surface area contributed by atoms with Gasteiger partial charge >= 0.3 is 0 Å². The van der Waals surface area contributed by atoms with Crippen LogP contribution in [0.3, 0.4) is 0 Å². The summed E-state index contributed by atoms with van der Waals surface area (Å²) in [5, 5.41) is 13.2. The molecule has 5 heteroatoms. The molecule has 0 spiro atoms. The van der Waals surface area contributed by atoms with Crippen LogP contribution in [0.2, 0.25) is 5.15 Å². The van der Waals surface area contributed by atoms with Gasteiger partial charge < -0.3 is 0 Å². The van der Waals surface area contributed by atoms with E-state index in [-0.39, 0.29) is 0 Å². The van der Waals surface area contributed by atoms with Crippen LogP contribution in [0.15, 0.2) is 36.7 Å². The van der Waals surface area contributed by atoms with Crippen LogP contribution in [0.1, 0.15) is 5.56 Å². The summed E-state index contributed by atoms with van der Waals surface area (Å²) in [6.07, 6.45) is 3.56. The molecule has 0 bridgehead atoms. The minimum atomic E-state index is 0.329. The maximum Gasteiger partial charge on any atom is 0.179 e. The number of aromatic nitrogens is 4. The van der Waals surface area contributed by atoms with Crippen LogP contribution < -0.4 is 0 Å². The molecular weight excluding hydrogens is 236 g/mol. The Kier molecular flexibility index (Phi) is 2.30. The minimum Gasteiger partial charge on any atom is -0.239 e. The summed E-state index contributed by atoms with van der Waals surface area (Å²) in [5.41, 5.74) is 2.85. The summed E-state index contributed by atoms with van der Waals surface area (Å²) in [7, 11) is 0. The van der Waals surface area contributed by atoms with Crippen molar-refractivity contribution in [1.29, 1.82) is 0 Å². The van der Waals surface area contributed by atoms with Gasteiger partial charge in [0.15, 0.2) is 5.15 Å². The van der Waals surface area contributed by atoms with Gasteiger partial charge in [-0.05, 0) is 18.6 Å². The third-order valence-electron chi connectivity index (χ3n) is 2.64. The average Bonchev–Trinajstić information content (AvgIpc) is 2.75. The second kappa shape index (κ2) is 3.82. The quantitative estimate of drug-likeness (QED) is 0.661. The van der Waals surface area contributed by atoms with E-state index >= 15 is 0 Å². The molecule has 0 N–H and O–H groups in total. The highest BCUT2D eigenvalue weighted by Gasteiger charge is 2.08. The summed E-state index contributed by atoms with van der Waals surface area (Å²) in [4.78, 5) is 0. The van der Waals surface area contributed by atoms with Crippen molar-refractivity contribution in [2.45, 2.75) is 6.92 Å². The topological polar surface area (TPSA) is 43.6 Å². The van der Waals surface area contributed by atoms with E-state index in [1.165, 1.54) is 0 Å². The van der Waals surface area contributed by atoms with Crippen LogP contribution in [0.25, 0.3) is 16.6 Å². The van der Waals surface area contributed by atoms with Crippen molar-refractivity contribution < 1.29 is 0 Å². The zero-order chi connectivity index (χ0) is 11.8. The molecule has 3 rings (SSSR count). The van der Waals surface area contributed by atoms with Gasteiger partial charge in [0.05, 0.1) is 11.9 Å². The summed E-state index contributed by atoms with van der Waals surface area (Å²) >= 11 is 5.95. The van der Waals surface area contributed by atoms with Gasteiger partial charge in [-0.1, -0.05) is 29.8 Å². The predicted molar refractivity (Wildman–Crippen MR) is 66.4 cm³/mol. The van der Waals surface area contributed by atoms with Gasteiger partial charge in [0.25, 0.3) is 0 Å². The summed E-state index contributed by atoms with van der Waals surface area (Å²) in [5.74, 6) is 0. The van der Waals surface area contributed by atoms with Crippen molar-refractivity contribution in [3.05, 3.63) is 47.4 Å². The average molecular weight is 245 g/mol. The van der Waals surface area contributed by atoms with E-state index in [0.29, 0.717) is 10.7 Å². The number of rotatable bonds is 1. The van der Waals surface area contributed by atoms with E-state index in [0.717, 1.165) is 16.6 Å². The molecule has 0 radical (unpaired) electrons. The molecule has 0 saturated heterocycles. The Balaban J connectivity index is 2.26. The highest BCUT2D eigenvalue weighted by atomic mass is 35.5. The second-order valence-electron chi connectivity index (χ2n) is 3.80. The fraction of sp³-hybridized carbons (Fsp3) is 0.0833. The zero-order valence-corrected chi connectivity index (χ0v) is 9.89. The van der Waals surface area contributed by atoms with Crippen LogP contribution in [-0.4, -0.2) is 20.0 Å². The molecule has 1 aromatic carbocycles. The lowest BCUT2D eigenvalue weighted by Crippen LogP contribution is -1.96. The highest BCUT2D eigenvalue weighted by molar-refractivity contribution is 6.33. The number of fused-ring (bicyclic) bond motifs is 1. The van der Waals surface area contributed by atoms with Crippen LogP contribution >= 0.6 is 11.6 Å². The molecule has 3 aromatic rings. The van der Waals surface area contributed by atoms with Crippen LogP contribution in [0, 0.1) is 6.92 Å². The highest BCUT2D eigenvalue weighted by Crippen LogP contribution is 2.21. The second-order valence-corrected chi connectivity index (χ2v) is 4.16. The van der Waals surface area contributed by atoms with Gasteiger partial charge in [-0.2, -0.15) is 10.2 Å². The van der Waals surface area contributed by atoms with E-state index in [1.54, 1.807) is 10.9 Å². The first-order valence-electron chi connectivity index (χ1n) is 5.18. The van der Waals surface area contributed by atoms with E-state index in [1.807, 2.05) is 37.4 Å². The van der Waals surface area contributed by atoms with Crippen molar-refractivity contribution in [1.82, 2.24) is 20.0 Å². The largest absolute Gasteiger partial charge is 0.239 e. The fourth-order valence-corrected chi connectivity index (χ4v) is 1.97. The molecule has 0 amide bonds. The Labute approximate surface area is 103 Å². The number of hydrogen-bond donors (Lipinski definition) is 0. The third-order valence-corrected chi connectivity index (χ3v) is 2.90. The maximum atomic E-state index is 5.95. The molecule has 4 nitrogen and oxygen atoms in total. The number of nitrogens with zero attached hydrogens (tertiary/aromatic N) is 4. The standard InChI is InChI=1S/C12H9ClN4/c1-8-4-2-3-5-10(8)17-7-9-6-14-15-12(13)11(9)16-17/h2-7H,1H3. The molecule has 0 aliphatic rings. The van der Waals surface area contributed by atoms with E-state index in [9.17, 15) is 0 Å². The van der Waals surface area contributed by atoms with Gasteiger partial charge in [-0.25, -0.2) is 4.68 Å². The lowest BCUT2D eigenvalue weighted by atomic mass is 10.2. The molecule has 84 valence electrons. The van der Waals surface area contributed by atoms with Gasteiger partial charge in [-0.15, -0.1) is 5.10 Å². The number of para-hydroxylation sites is 1. The minimum absolute atomic E-state index is 0.329. The van der Waals surface area contributed by atoms with Crippen LogP contribution in [0.5, 0.6) is 0 Å². The number of aryl methyl sites for hydroxylation is 1. The summed E-state index contributed by atoms with van der Waals surface area (Å²) in [6.45, 7) is 2.04. The molecule has 0 unspecified atom stereocenters. The first-order valence-corrected chi connectivity index (χ1v) is 5.56. The SMILES string of the molecule is Cc1ccccc1-n1cc2cnnc(Cl)c2n1. The van der Waals surface area contributed by atoms with Crippen LogP contribution in [0.4, 0.5) is 0 Å². The first-order chi connectivity index (χ1) is 8.25. The Hall–Kier alpha value is -1.94. The normalized spacial score (nSPS) is 10.9. The van der Waals surface area contributed by atoms with Gasteiger partial charge in [-0.3, -0.25) is 0 Å². The maximum absolute atomic E-state index is 5.95. The fourth-order valence-electron chi connectivity index (χ4n) is 1.78. The number of hydrogen-bond acceptors (Lipinski definition) is 3.